The van der Waals surface area contributed by atoms with Gasteiger partial charge in [-0.05, 0) is 31.2 Å². The number of benzene rings is 1. The van der Waals surface area contributed by atoms with Crippen molar-refractivity contribution >= 4 is 29.1 Å². The van der Waals surface area contributed by atoms with E-state index in [1.54, 1.807) is 45.3 Å². The van der Waals surface area contributed by atoms with Gasteiger partial charge < -0.3 is 20.4 Å². The Hall–Kier alpha value is -2.41. The van der Waals surface area contributed by atoms with Crippen LogP contribution in [-0.4, -0.2) is 56.4 Å². The highest BCUT2D eigenvalue weighted by Crippen LogP contribution is 2.13. The normalized spacial score (nSPS) is 12.9. The van der Waals surface area contributed by atoms with Crippen LogP contribution in [0.4, 0.5) is 11.4 Å². The number of anilines is 2. The first-order valence-corrected chi connectivity index (χ1v) is 7.41. The first-order valence-electron chi connectivity index (χ1n) is 7.41. The van der Waals surface area contributed by atoms with E-state index in [0.29, 0.717) is 11.4 Å². The van der Waals surface area contributed by atoms with E-state index in [1.165, 1.54) is 11.8 Å². The van der Waals surface area contributed by atoms with Gasteiger partial charge in [0, 0.05) is 32.4 Å². The summed E-state index contributed by atoms with van der Waals surface area (Å²) >= 11 is 0. The summed E-state index contributed by atoms with van der Waals surface area (Å²) in [7, 11) is 5.19. The Kier molecular flexibility index (Phi) is 6.71. The average Bonchev–Trinajstić information content (AvgIpc) is 2.47. The molecule has 1 unspecified atom stereocenters. The van der Waals surface area contributed by atoms with Crippen LogP contribution in [0.25, 0.3) is 0 Å². The molecule has 0 aliphatic carbocycles. The van der Waals surface area contributed by atoms with E-state index in [-0.39, 0.29) is 30.3 Å². The maximum absolute atomic E-state index is 12.2. The zero-order valence-corrected chi connectivity index (χ0v) is 14.3. The summed E-state index contributed by atoms with van der Waals surface area (Å²) < 4.78 is 0. The van der Waals surface area contributed by atoms with Gasteiger partial charge in [0.2, 0.25) is 5.91 Å². The van der Waals surface area contributed by atoms with Crippen LogP contribution >= 0.6 is 0 Å². The molecular formula is C16H25N4O3+. The van der Waals surface area contributed by atoms with Crippen LogP contribution in [0.1, 0.15) is 13.8 Å². The Morgan fingerprint density at radius 3 is 2.00 bits per heavy atom. The predicted molar refractivity (Wildman–Crippen MR) is 89.3 cm³/mol. The molecule has 7 heteroatoms. The number of likely N-dealkylation sites (N-methyl/N-ethyl adjacent to an activating group) is 2. The maximum Gasteiger partial charge on any atom is 0.282 e. The van der Waals surface area contributed by atoms with Gasteiger partial charge in [-0.2, -0.15) is 0 Å². The SMILES string of the molecule is CC(=O)Nc1ccc(NC(=O)[C@@H](C)[NH+](C)CC(=O)N(C)C)cc1. The van der Waals surface area contributed by atoms with Crippen molar-refractivity contribution in [3.63, 3.8) is 0 Å². The number of nitrogens with zero attached hydrogens (tertiary/aromatic N) is 1. The van der Waals surface area contributed by atoms with E-state index in [1.807, 2.05) is 7.05 Å². The minimum atomic E-state index is -0.367. The summed E-state index contributed by atoms with van der Waals surface area (Å²) in [5, 5.41) is 5.47. The summed E-state index contributed by atoms with van der Waals surface area (Å²) in [5.74, 6) is -0.339. The molecule has 0 spiro atoms. The first-order chi connectivity index (χ1) is 10.7. The lowest BCUT2D eigenvalue weighted by atomic mass is 10.2. The Bertz CT molecular complexity index is 569. The van der Waals surface area contributed by atoms with E-state index in [4.69, 9.17) is 0 Å². The molecule has 0 saturated carbocycles. The van der Waals surface area contributed by atoms with Crippen molar-refractivity contribution in [1.29, 1.82) is 0 Å². The predicted octanol–water partition coefficient (Wildman–Crippen LogP) is -0.425. The summed E-state index contributed by atoms with van der Waals surface area (Å²) in [6, 6.07) is 6.50. The average molecular weight is 321 g/mol. The van der Waals surface area contributed by atoms with E-state index >= 15 is 0 Å². The van der Waals surface area contributed by atoms with Crippen molar-refractivity contribution < 1.29 is 19.3 Å². The molecule has 1 aromatic rings. The lowest BCUT2D eigenvalue weighted by Gasteiger charge is -2.22. The molecule has 23 heavy (non-hydrogen) atoms. The number of rotatable bonds is 6. The fourth-order valence-electron chi connectivity index (χ4n) is 1.86. The van der Waals surface area contributed by atoms with Crippen molar-refractivity contribution in [2.45, 2.75) is 19.9 Å². The van der Waals surface area contributed by atoms with E-state index in [0.717, 1.165) is 4.90 Å². The minimum Gasteiger partial charge on any atom is -0.344 e. The second kappa shape index (κ2) is 8.28. The fourth-order valence-corrected chi connectivity index (χ4v) is 1.86. The molecule has 0 bridgehead atoms. The van der Waals surface area contributed by atoms with Gasteiger partial charge in [-0.1, -0.05) is 0 Å². The van der Waals surface area contributed by atoms with Gasteiger partial charge in [0.15, 0.2) is 12.6 Å². The van der Waals surface area contributed by atoms with Gasteiger partial charge in [0.05, 0.1) is 7.05 Å². The largest absolute Gasteiger partial charge is 0.344 e. The third-order valence-electron chi connectivity index (χ3n) is 3.53. The number of hydrogen-bond donors (Lipinski definition) is 3. The van der Waals surface area contributed by atoms with Crippen molar-refractivity contribution in [3.05, 3.63) is 24.3 Å². The molecule has 0 radical (unpaired) electrons. The number of nitrogens with one attached hydrogen (secondary N) is 3. The van der Waals surface area contributed by atoms with Gasteiger partial charge in [-0.25, -0.2) is 0 Å². The lowest BCUT2D eigenvalue weighted by Crippen LogP contribution is -3.15. The molecule has 1 rings (SSSR count). The Morgan fingerprint density at radius 2 is 1.57 bits per heavy atom. The molecule has 0 saturated heterocycles. The first kappa shape index (κ1) is 18.6. The molecule has 2 atom stereocenters. The molecule has 3 N–H and O–H groups in total. The Morgan fingerprint density at radius 1 is 1.09 bits per heavy atom. The van der Waals surface area contributed by atoms with Crippen LogP contribution in [-0.2, 0) is 14.4 Å². The molecule has 1 aromatic carbocycles. The van der Waals surface area contributed by atoms with Gasteiger partial charge in [0.1, 0.15) is 0 Å². The monoisotopic (exact) mass is 321 g/mol. The van der Waals surface area contributed by atoms with Gasteiger partial charge >= 0.3 is 0 Å². The third kappa shape index (κ3) is 6.07. The second-order valence-corrected chi connectivity index (χ2v) is 5.78. The second-order valence-electron chi connectivity index (χ2n) is 5.78. The van der Waals surface area contributed by atoms with Crippen LogP contribution in [0.2, 0.25) is 0 Å². The van der Waals surface area contributed by atoms with Crippen molar-refractivity contribution in [3.8, 4) is 0 Å². The quantitative estimate of drug-likeness (QED) is 0.665. The van der Waals surface area contributed by atoms with Gasteiger partial charge in [-0.3, -0.25) is 14.4 Å². The number of quaternary nitrogens is 1. The molecule has 7 nitrogen and oxygen atoms in total. The van der Waals surface area contributed by atoms with Crippen molar-refractivity contribution in [1.82, 2.24) is 4.90 Å². The number of carbonyl (C=O) groups excluding carboxylic acids is 3. The van der Waals surface area contributed by atoms with Crippen molar-refractivity contribution in [2.24, 2.45) is 0 Å². The van der Waals surface area contributed by atoms with Crippen LogP contribution in [0.3, 0.4) is 0 Å². The smallest absolute Gasteiger partial charge is 0.282 e. The molecule has 0 aromatic heterocycles. The molecule has 0 heterocycles. The molecule has 0 aliphatic heterocycles. The standard InChI is InChI=1S/C16H24N4O3/c1-11(20(5)10-15(22)19(3)4)16(23)18-14-8-6-13(7-9-14)17-12(2)21/h6-9,11H,10H2,1-5H3,(H,17,21)(H,18,23)/p+1/t11-/m1/s1. The third-order valence-corrected chi connectivity index (χ3v) is 3.53. The van der Waals surface area contributed by atoms with E-state index < -0.39 is 0 Å². The molecule has 3 amide bonds. The number of carbonyl (C=O) groups is 3. The number of hydrogen-bond acceptors (Lipinski definition) is 3. The summed E-state index contributed by atoms with van der Waals surface area (Å²) in [6.45, 7) is 3.47. The molecule has 126 valence electrons. The summed E-state index contributed by atoms with van der Waals surface area (Å²) in [6.07, 6.45) is 0. The highest BCUT2D eigenvalue weighted by atomic mass is 16.2. The molecule has 0 fully saturated rings. The highest BCUT2D eigenvalue weighted by molar-refractivity contribution is 5.94. The molecular weight excluding hydrogens is 296 g/mol. The fraction of sp³-hybridized carbons (Fsp3) is 0.438. The van der Waals surface area contributed by atoms with E-state index in [2.05, 4.69) is 10.6 Å². The Labute approximate surface area is 136 Å². The van der Waals surface area contributed by atoms with E-state index in [9.17, 15) is 14.4 Å². The zero-order chi connectivity index (χ0) is 17.6. The van der Waals surface area contributed by atoms with Crippen LogP contribution in [0.15, 0.2) is 24.3 Å². The summed E-state index contributed by atoms with van der Waals surface area (Å²) in [4.78, 5) is 37.2. The highest BCUT2D eigenvalue weighted by Gasteiger charge is 2.24. The Balaban J connectivity index is 2.60. The summed E-state index contributed by atoms with van der Waals surface area (Å²) in [5.41, 5.74) is 1.31. The molecule has 0 aliphatic rings. The number of amides is 3. The lowest BCUT2D eigenvalue weighted by molar-refractivity contribution is -0.886. The van der Waals surface area contributed by atoms with Gasteiger partial charge in [-0.15, -0.1) is 0 Å². The van der Waals surface area contributed by atoms with Crippen LogP contribution in [0, 0.1) is 0 Å². The topological polar surface area (TPSA) is 83.0 Å². The van der Waals surface area contributed by atoms with Crippen LogP contribution < -0.4 is 15.5 Å². The van der Waals surface area contributed by atoms with Crippen molar-refractivity contribution in [2.75, 3.05) is 38.3 Å². The minimum absolute atomic E-state index is 0.0261. The van der Waals surface area contributed by atoms with Gasteiger partial charge in [0.25, 0.3) is 11.8 Å². The maximum atomic E-state index is 12.2. The van der Waals surface area contributed by atoms with Crippen LogP contribution in [0.5, 0.6) is 0 Å². The zero-order valence-electron chi connectivity index (χ0n) is 14.3.